The second kappa shape index (κ2) is 5.17. The van der Waals surface area contributed by atoms with Crippen LogP contribution in [0.2, 0.25) is 0 Å². The minimum absolute atomic E-state index is 0.132. The normalized spacial score (nSPS) is 8.25. The molecule has 0 aromatic carbocycles. The molecule has 1 aromatic heterocycles. The minimum Gasteiger partial charge on any atom is -0.464 e. The van der Waals surface area contributed by atoms with Gasteiger partial charge < -0.3 is 4.74 Å². The van der Waals surface area contributed by atoms with Crippen molar-refractivity contribution in [3.05, 3.63) is 22.1 Å². The van der Waals surface area contributed by atoms with Crippen molar-refractivity contribution in [1.29, 1.82) is 0 Å². The Kier molecular flexibility index (Phi) is 4.52. The average Bonchev–Trinajstić information content (AvgIpc) is 2.54. The molecule has 5 nitrogen and oxygen atoms in total. The third-order valence-electron chi connectivity index (χ3n) is 1.00. The molecular formula is C7H12N2O3. The van der Waals surface area contributed by atoms with Crippen LogP contribution in [-0.4, -0.2) is 23.3 Å². The number of ether oxygens (including phenoxy) is 1. The molecule has 0 aliphatic rings. The summed E-state index contributed by atoms with van der Waals surface area (Å²) in [5.74, 6) is -0.557. The Morgan fingerprint density at radius 3 is 2.33 bits per heavy atom. The van der Waals surface area contributed by atoms with E-state index >= 15 is 0 Å². The molecule has 2 N–H and O–H groups in total. The highest BCUT2D eigenvalue weighted by Crippen LogP contribution is 1.88. The molecule has 1 aromatic rings. The van der Waals surface area contributed by atoms with E-state index in [4.69, 9.17) is 0 Å². The second-order valence-corrected chi connectivity index (χ2v) is 1.66. The zero-order valence-electron chi connectivity index (χ0n) is 7.30. The van der Waals surface area contributed by atoms with Crippen LogP contribution in [0.15, 0.2) is 10.9 Å². The maximum Gasteiger partial charge on any atom is 0.356 e. The van der Waals surface area contributed by atoms with Crippen LogP contribution in [0.5, 0.6) is 0 Å². The molecule has 0 aliphatic carbocycles. The van der Waals surface area contributed by atoms with Gasteiger partial charge in [-0.3, -0.25) is 15.0 Å². The Balaban J connectivity index is 0.000000561. The van der Waals surface area contributed by atoms with Crippen LogP contribution in [0.25, 0.3) is 0 Å². The molecule has 0 saturated heterocycles. The SMILES string of the molecule is CC.COC(=O)c1cc(=O)[nH][nH]1. The summed E-state index contributed by atoms with van der Waals surface area (Å²) in [4.78, 5) is 21.0. The van der Waals surface area contributed by atoms with Crippen molar-refractivity contribution in [3.8, 4) is 0 Å². The van der Waals surface area contributed by atoms with Crippen LogP contribution in [0.4, 0.5) is 0 Å². The summed E-state index contributed by atoms with van der Waals surface area (Å²) >= 11 is 0. The molecule has 0 bridgehead atoms. The summed E-state index contributed by atoms with van der Waals surface area (Å²) in [6.07, 6.45) is 0. The second-order valence-electron chi connectivity index (χ2n) is 1.66. The molecule has 0 saturated carbocycles. The van der Waals surface area contributed by atoms with Crippen molar-refractivity contribution in [2.24, 2.45) is 0 Å². The van der Waals surface area contributed by atoms with Crippen molar-refractivity contribution in [1.82, 2.24) is 10.2 Å². The fourth-order valence-electron chi connectivity index (χ4n) is 0.552. The molecule has 12 heavy (non-hydrogen) atoms. The van der Waals surface area contributed by atoms with Crippen molar-refractivity contribution < 1.29 is 9.53 Å². The van der Waals surface area contributed by atoms with Gasteiger partial charge in [0, 0.05) is 6.07 Å². The van der Waals surface area contributed by atoms with Gasteiger partial charge in [-0.15, -0.1) is 0 Å². The zero-order chi connectivity index (χ0) is 9.56. The number of H-pyrrole nitrogens is 2. The number of methoxy groups -OCH3 is 1. The van der Waals surface area contributed by atoms with Gasteiger partial charge in [0.15, 0.2) is 0 Å². The van der Waals surface area contributed by atoms with E-state index in [9.17, 15) is 9.59 Å². The van der Waals surface area contributed by atoms with Gasteiger partial charge in [-0.2, -0.15) is 0 Å². The zero-order valence-corrected chi connectivity index (χ0v) is 7.30. The Morgan fingerprint density at radius 2 is 2.00 bits per heavy atom. The predicted molar refractivity (Wildman–Crippen MR) is 44.1 cm³/mol. The van der Waals surface area contributed by atoms with Gasteiger partial charge in [-0.25, -0.2) is 4.79 Å². The Labute approximate surface area is 69.7 Å². The van der Waals surface area contributed by atoms with Gasteiger partial charge in [0.25, 0.3) is 5.56 Å². The van der Waals surface area contributed by atoms with Gasteiger partial charge in [0.1, 0.15) is 5.69 Å². The fraction of sp³-hybridized carbons (Fsp3) is 0.429. The van der Waals surface area contributed by atoms with Crippen LogP contribution in [-0.2, 0) is 4.74 Å². The average molecular weight is 172 g/mol. The van der Waals surface area contributed by atoms with E-state index in [0.29, 0.717) is 0 Å². The lowest BCUT2D eigenvalue weighted by atomic mass is 10.4. The molecule has 0 aliphatic heterocycles. The monoisotopic (exact) mass is 172 g/mol. The number of carbonyl (C=O) groups excluding carboxylic acids is 1. The molecule has 0 fully saturated rings. The van der Waals surface area contributed by atoms with Crippen LogP contribution < -0.4 is 5.56 Å². The van der Waals surface area contributed by atoms with Gasteiger partial charge in [0.05, 0.1) is 7.11 Å². The van der Waals surface area contributed by atoms with Crippen molar-refractivity contribution in [2.75, 3.05) is 7.11 Å². The smallest absolute Gasteiger partial charge is 0.356 e. The van der Waals surface area contributed by atoms with Crippen LogP contribution in [0.1, 0.15) is 24.3 Å². The third-order valence-corrected chi connectivity index (χ3v) is 1.00. The highest BCUT2D eigenvalue weighted by molar-refractivity contribution is 5.86. The lowest BCUT2D eigenvalue weighted by molar-refractivity contribution is 0.0594. The Hall–Kier alpha value is -1.52. The van der Waals surface area contributed by atoms with Gasteiger partial charge in [-0.05, 0) is 0 Å². The summed E-state index contributed by atoms with van der Waals surface area (Å²) in [7, 11) is 1.24. The van der Waals surface area contributed by atoms with E-state index in [2.05, 4.69) is 14.9 Å². The largest absolute Gasteiger partial charge is 0.464 e. The van der Waals surface area contributed by atoms with E-state index in [1.54, 1.807) is 0 Å². The summed E-state index contributed by atoms with van der Waals surface area (Å²) < 4.78 is 4.32. The first kappa shape index (κ1) is 10.5. The van der Waals surface area contributed by atoms with Gasteiger partial charge >= 0.3 is 5.97 Å². The molecule has 1 heterocycles. The number of hydrogen-bond donors (Lipinski definition) is 2. The van der Waals surface area contributed by atoms with Crippen molar-refractivity contribution in [3.63, 3.8) is 0 Å². The molecule has 0 unspecified atom stereocenters. The number of aromatic amines is 2. The van der Waals surface area contributed by atoms with E-state index in [1.807, 2.05) is 13.8 Å². The first-order valence-corrected chi connectivity index (χ1v) is 3.60. The van der Waals surface area contributed by atoms with Crippen LogP contribution in [0.3, 0.4) is 0 Å². The first-order chi connectivity index (χ1) is 5.74. The number of nitrogens with one attached hydrogen (secondary N) is 2. The van der Waals surface area contributed by atoms with Crippen LogP contribution in [0, 0.1) is 0 Å². The predicted octanol–water partition coefficient (Wildman–Crippen LogP) is 0.516. The number of aromatic nitrogens is 2. The van der Waals surface area contributed by atoms with Crippen LogP contribution >= 0.6 is 0 Å². The molecule has 5 heteroatoms. The topological polar surface area (TPSA) is 75.0 Å². The van der Waals surface area contributed by atoms with E-state index in [-0.39, 0.29) is 11.3 Å². The Morgan fingerprint density at radius 1 is 1.42 bits per heavy atom. The van der Waals surface area contributed by atoms with E-state index < -0.39 is 5.97 Å². The quantitative estimate of drug-likeness (QED) is 0.606. The number of carbonyl (C=O) groups is 1. The highest BCUT2D eigenvalue weighted by atomic mass is 16.5. The molecule has 0 atom stereocenters. The van der Waals surface area contributed by atoms with Crippen molar-refractivity contribution >= 4 is 5.97 Å². The molecular weight excluding hydrogens is 160 g/mol. The number of esters is 1. The van der Waals surface area contributed by atoms with Crippen molar-refractivity contribution in [2.45, 2.75) is 13.8 Å². The third kappa shape index (κ3) is 2.61. The standard InChI is InChI=1S/C5H6N2O3.C2H6/c1-10-5(9)3-2-4(8)7-6-3;1-2/h2H,1H3,(H2,6,7,8);1-2H3. The van der Waals surface area contributed by atoms with E-state index in [0.717, 1.165) is 6.07 Å². The minimum atomic E-state index is -0.557. The molecule has 68 valence electrons. The van der Waals surface area contributed by atoms with Gasteiger partial charge in [-0.1, -0.05) is 13.8 Å². The molecule has 0 spiro atoms. The first-order valence-electron chi connectivity index (χ1n) is 3.60. The van der Waals surface area contributed by atoms with E-state index in [1.165, 1.54) is 7.11 Å². The maximum absolute atomic E-state index is 10.6. The maximum atomic E-state index is 10.6. The summed E-state index contributed by atoms with van der Waals surface area (Å²) in [5.41, 5.74) is -0.215. The molecule has 1 rings (SSSR count). The summed E-state index contributed by atoms with van der Waals surface area (Å²) in [6, 6.07) is 1.13. The summed E-state index contributed by atoms with van der Waals surface area (Å²) in [6.45, 7) is 4.00. The van der Waals surface area contributed by atoms with Gasteiger partial charge in [0.2, 0.25) is 0 Å². The highest BCUT2D eigenvalue weighted by Gasteiger charge is 2.05. The lowest BCUT2D eigenvalue weighted by Crippen LogP contribution is -2.01. The fourth-order valence-corrected chi connectivity index (χ4v) is 0.552. The molecule has 0 radical (unpaired) electrons. The lowest BCUT2D eigenvalue weighted by Gasteiger charge is -1.90. The summed E-state index contributed by atoms with van der Waals surface area (Å²) in [5, 5.41) is 4.55. The number of rotatable bonds is 1. The number of hydrogen-bond acceptors (Lipinski definition) is 3. The molecule has 0 amide bonds. The Bertz CT molecular complexity index is 287.